The molecule has 1 saturated carbocycles. The summed E-state index contributed by atoms with van der Waals surface area (Å²) in [5, 5.41) is 9.05. The molecule has 2 fully saturated rings. The van der Waals surface area contributed by atoms with Crippen molar-refractivity contribution in [3.63, 3.8) is 0 Å². The summed E-state index contributed by atoms with van der Waals surface area (Å²) >= 11 is 0. The topological polar surface area (TPSA) is 49.8 Å². The van der Waals surface area contributed by atoms with E-state index in [4.69, 9.17) is 9.84 Å². The van der Waals surface area contributed by atoms with Crippen molar-refractivity contribution in [3.8, 4) is 0 Å². The zero-order chi connectivity index (χ0) is 11.8. The quantitative estimate of drug-likeness (QED) is 0.784. The standard InChI is InChI=1S/C12H21NO3/c1-9(11(14)15)13-6-10-4-3-5-12(10,7-13)8-16-2/h9-10H,3-8H2,1-2H3,(H,14,15)/t9-,10-,12+/m0/s1. The lowest BCUT2D eigenvalue weighted by Gasteiger charge is -2.28. The molecule has 1 saturated heterocycles. The lowest BCUT2D eigenvalue weighted by molar-refractivity contribution is -0.142. The molecule has 0 amide bonds. The van der Waals surface area contributed by atoms with Crippen LogP contribution in [0, 0.1) is 11.3 Å². The number of hydrogen-bond donors (Lipinski definition) is 1. The molecular formula is C12H21NO3. The van der Waals surface area contributed by atoms with E-state index in [1.54, 1.807) is 14.0 Å². The third-order valence-electron chi connectivity index (χ3n) is 4.40. The van der Waals surface area contributed by atoms with Crippen LogP contribution in [0.25, 0.3) is 0 Å². The van der Waals surface area contributed by atoms with E-state index < -0.39 is 5.97 Å². The molecule has 2 rings (SSSR count). The Morgan fingerprint density at radius 2 is 2.44 bits per heavy atom. The van der Waals surface area contributed by atoms with Gasteiger partial charge in [0.1, 0.15) is 6.04 Å². The summed E-state index contributed by atoms with van der Waals surface area (Å²) in [6.07, 6.45) is 3.68. The minimum Gasteiger partial charge on any atom is -0.480 e. The molecule has 4 nitrogen and oxygen atoms in total. The monoisotopic (exact) mass is 227 g/mol. The number of rotatable bonds is 4. The predicted octanol–water partition coefficient (Wildman–Crippen LogP) is 1.21. The highest BCUT2D eigenvalue weighted by molar-refractivity contribution is 5.72. The highest BCUT2D eigenvalue weighted by Gasteiger charge is 2.50. The van der Waals surface area contributed by atoms with E-state index in [-0.39, 0.29) is 11.5 Å². The number of ether oxygens (including phenoxy) is 1. The average molecular weight is 227 g/mol. The van der Waals surface area contributed by atoms with Crippen LogP contribution in [-0.2, 0) is 9.53 Å². The number of likely N-dealkylation sites (tertiary alicyclic amines) is 1. The van der Waals surface area contributed by atoms with Gasteiger partial charge in [0.2, 0.25) is 0 Å². The summed E-state index contributed by atoms with van der Waals surface area (Å²) < 4.78 is 5.34. The van der Waals surface area contributed by atoms with Crippen LogP contribution in [0.2, 0.25) is 0 Å². The van der Waals surface area contributed by atoms with Gasteiger partial charge < -0.3 is 9.84 Å². The Kier molecular flexibility index (Phi) is 3.22. The second-order valence-corrected chi connectivity index (χ2v) is 5.33. The molecular weight excluding hydrogens is 206 g/mol. The smallest absolute Gasteiger partial charge is 0.320 e. The zero-order valence-electron chi connectivity index (χ0n) is 10.1. The van der Waals surface area contributed by atoms with Crippen molar-refractivity contribution in [2.24, 2.45) is 11.3 Å². The van der Waals surface area contributed by atoms with Gasteiger partial charge in [0, 0.05) is 25.6 Å². The van der Waals surface area contributed by atoms with Gasteiger partial charge in [-0.3, -0.25) is 9.69 Å². The molecule has 0 spiro atoms. The number of carboxylic acids is 1. The molecule has 0 unspecified atom stereocenters. The molecule has 0 radical (unpaired) electrons. The normalized spacial score (nSPS) is 36.2. The van der Waals surface area contributed by atoms with Crippen molar-refractivity contribution in [1.82, 2.24) is 4.90 Å². The molecule has 0 bridgehead atoms. The number of fused-ring (bicyclic) bond motifs is 1. The first-order valence-electron chi connectivity index (χ1n) is 6.05. The Morgan fingerprint density at radius 3 is 3.06 bits per heavy atom. The second-order valence-electron chi connectivity index (χ2n) is 5.33. The van der Waals surface area contributed by atoms with E-state index in [0.29, 0.717) is 5.92 Å². The second kappa shape index (κ2) is 4.34. The number of carboxylic acid groups (broad SMARTS) is 1. The number of methoxy groups -OCH3 is 1. The summed E-state index contributed by atoms with van der Waals surface area (Å²) in [4.78, 5) is 13.1. The van der Waals surface area contributed by atoms with Crippen LogP contribution in [-0.4, -0.2) is 48.8 Å². The Balaban J connectivity index is 2.07. The Hall–Kier alpha value is -0.610. The predicted molar refractivity (Wildman–Crippen MR) is 60.3 cm³/mol. The molecule has 3 atom stereocenters. The van der Waals surface area contributed by atoms with Crippen molar-refractivity contribution < 1.29 is 14.6 Å². The van der Waals surface area contributed by atoms with Crippen molar-refractivity contribution >= 4 is 5.97 Å². The van der Waals surface area contributed by atoms with Gasteiger partial charge >= 0.3 is 5.97 Å². The van der Waals surface area contributed by atoms with E-state index in [9.17, 15) is 4.79 Å². The van der Waals surface area contributed by atoms with Gasteiger partial charge in [-0.1, -0.05) is 6.42 Å². The highest BCUT2D eigenvalue weighted by Crippen LogP contribution is 2.49. The van der Waals surface area contributed by atoms with Gasteiger partial charge in [0.15, 0.2) is 0 Å². The lowest BCUT2D eigenvalue weighted by atomic mass is 9.82. The molecule has 4 heteroatoms. The van der Waals surface area contributed by atoms with E-state index >= 15 is 0 Å². The molecule has 0 aromatic heterocycles. The van der Waals surface area contributed by atoms with Crippen LogP contribution in [0.1, 0.15) is 26.2 Å². The maximum Gasteiger partial charge on any atom is 0.320 e. The molecule has 1 aliphatic carbocycles. The number of hydrogen-bond acceptors (Lipinski definition) is 3. The number of carbonyl (C=O) groups is 1. The number of aliphatic carboxylic acids is 1. The Morgan fingerprint density at radius 1 is 1.69 bits per heavy atom. The van der Waals surface area contributed by atoms with E-state index in [0.717, 1.165) is 19.7 Å². The van der Waals surface area contributed by atoms with Crippen LogP contribution in [0.4, 0.5) is 0 Å². The molecule has 2 aliphatic rings. The van der Waals surface area contributed by atoms with E-state index in [1.807, 2.05) is 0 Å². The third-order valence-corrected chi connectivity index (χ3v) is 4.40. The number of nitrogens with zero attached hydrogens (tertiary/aromatic N) is 1. The van der Waals surface area contributed by atoms with Gasteiger partial charge in [-0.2, -0.15) is 0 Å². The Bertz CT molecular complexity index is 281. The fourth-order valence-electron chi connectivity index (χ4n) is 3.43. The summed E-state index contributed by atoms with van der Waals surface area (Å²) in [5.41, 5.74) is 0.235. The minimum absolute atomic E-state index is 0.235. The summed E-state index contributed by atoms with van der Waals surface area (Å²) in [7, 11) is 1.74. The van der Waals surface area contributed by atoms with Crippen molar-refractivity contribution in [1.29, 1.82) is 0 Å². The first-order chi connectivity index (χ1) is 7.59. The van der Waals surface area contributed by atoms with Gasteiger partial charge in [0.05, 0.1) is 6.61 Å². The fraction of sp³-hybridized carbons (Fsp3) is 0.917. The van der Waals surface area contributed by atoms with Gasteiger partial charge in [-0.25, -0.2) is 0 Å². The van der Waals surface area contributed by atoms with Gasteiger partial charge in [0.25, 0.3) is 0 Å². The highest BCUT2D eigenvalue weighted by atomic mass is 16.5. The summed E-state index contributed by atoms with van der Waals surface area (Å²) in [6, 6.07) is -0.362. The van der Waals surface area contributed by atoms with Crippen LogP contribution >= 0.6 is 0 Å². The largest absolute Gasteiger partial charge is 0.480 e. The summed E-state index contributed by atoms with van der Waals surface area (Å²) in [5.74, 6) is -0.0817. The van der Waals surface area contributed by atoms with Crippen molar-refractivity contribution in [2.45, 2.75) is 32.2 Å². The maximum absolute atomic E-state index is 11.0. The zero-order valence-corrected chi connectivity index (χ0v) is 10.1. The molecule has 1 heterocycles. The average Bonchev–Trinajstić information content (AvgIpc) is 2.73. The molecule has 1 N–H and O–H groups in total. The van der Waals surface area contributed by atoms with Crippen LogP contribution in [0.15, 0.2) is 0 Å². The molecule has 92 valence electrons. The maximum atomic E-state index is 11.0. The van der Waals surface area contributed by atoms with E-state index in [2.05, 4.69) is 4.90 Å². The first kappa shape index (κ1) is 11.9. The molecule has 0 aromatic rings. The van der Waals surface area contributed by atoms with Gasteiger partial charge in [-0.05, 0) is 25.7 Å². The Labute approximate surface area is 96.6 Å². The van der Waals surface area contributed by atoms with Crippen LogP contribution < -0.4 is 0 Å². The molecule has 16 heavy (non-hydrogen) atoms. The van der Waals surface area contributed by atoms with Crippen LogP contribution in [0.3, 0.4) is 0 Å². The van der Waals surface area contributed by atoms with Crippen molar-refractivity contribution in [2.75, 3.05) is 26.8 Å². The third kappa shape index (κ3) is 1.84. The van der Waals surface area contributed by atoms with Crippen molar-refractivity contribution in [3.05, 3.63) is 0 Å². The minimum atomic E-state index is -0.715. The first-order valence-corrected chi connectivity index (χ1v) is 6.05. The molecule has 1 aliphatic heterocycles. The van der Waals surface area contributed by atoms with Crippen LogP contribution in [0.5, 0.6) is 0 Å². The fourth-order valence-corrected chi connectivity index (χ4v) is 3.43. The SMILES string of the molecule is COC[C@]12CCC[C@H]1CN([C@@H](C)C(=O)O)C2. The molecule has 0 aromatic carbocycles. The van der Waals surface area contributed by atoms with E-state index in [1.165, 1.54) is 19.3 Å². The van der Waals surface area contributed by atoms with Gasteiger partial charge in [-0.15, -0.1) is 0 Å². The lowest BCUT2D eigenvalue weighted by Crippen LogP contribution is -2.39. The summed E-state index contributed by atoms with van der Waals surface area (Å²) in [6.45, 7) is 4.38.